The topological polar surface area (TPSA) is 76.2 Å². The molecule has 0 aliphatic carbocycles. The van der Waals surface area contributed by atoms with Crippen molar-refractivity contribution in [3.63, 3.8) is 0 Å². The summed E-state index contributed by atoms with van der Waals surface area (Å²) < 4.78 is 11.4. The van der Waals surface area contributed by atoms with Crippen LogP contribution >= 0.6 is 0 Å². The van der Waals surface area contributed by atoms with Crippen LogP contribution < -0.4 is 14.8 Å². The number of benzene rings is 1. The summed E-state index contributed by atoms with van der Waals surface area (Å²) in [6, 6.07) is 5.59. The molecule has 1 aliphatic heterocycles. The maximum Gasteiger partial charge on any atom is 0.225 e. The van der Waals surface area contributed by atoms with Gasteiger partial charge in [-0.25, -0.2) is 0 Å². The molecule has 1 aliphatic rings. The van der Waals surface area contributed by atoms with E-state index in [2.05, 4.69) is 15.5 Å². The van der Waals surface area contributed by atoms with E-state index in [1.165, 1.54) is 0 Å². The average Bonchev–Trinajstić information content (AvgIpc) is 2.85. The lowest BCUT2D eigenvalue weighted by atomic mass is 9.89. The second-order valence-corrected chi connectivity index (χ2v) is 7.18. The van der Waals surface area contributed by atoms with E-state index in [4.69, 9.17) is 9.47 Å². The summed E-state index contributed by atoms with van der Waals surface area (Å²) in [5.74, 6) is 1.52. The van der Waals surface area contributed by atoms with Gasteiger partial charge in [0, 0.05) is 23.2 Å². The zero-order chi connectivity index (χ0) is 18.2. The highest BCUT2D eigenvalue weighted by molar-refractivity contribution is 5.79. The molecule has 1 aromatic carbocycles. The molecule has 6 heteroatoms. The van der Waals surface area contributed by atoms with E-state index >= 15 is 0 Å². The van der Waals surface area contributed by atoms with E-state index in [9.17, 15) is 4.79 Å². The Labute approximate surface area is 147 Å². The number of aromatic nitrogens is 2. The van der Waals surface area contributed by atoms with Crippen molar-refractivity contribution < 1.29 is 14.3 Å². The van der Waals surface area contributed by atoms with Gasteiger partial charge in [0.2, 0.25) is 5.91 Å². The highest BCUT2D eigenvalue weighted by Gasteiger charge is 2.35. The Morgan fingerprint density at radius 3 is 2.84 bits per heavy atom. The second-order valence-electron chi connectivity index (χ2n) is 7.18. The van der Waals surface area contributed by atoms with Gasteiger partial charge in [-0.3, -0.25) is 9.89 Å². The normalized spacial score (nSPS) is 18.2. The first kappa shape index (κ1) is 17.3. The largest absolute Gasteiger partial charge is 0.497 e. The maximum atomic E-state index is 12.6. The molecule has 2 heterocycles. The molecule has 0 saturated heterocycles. The summed E-state index contributed by atoms with van der Waals surface area (Å²) in [6.07, 6.45) is 1.01. The highest BCUT2D eigenvalue weighted by atomic mass is 16.5. The predicted molar refractivity (Wildman–Crippen MR) is 95.0 cm³/mol. The van der Waals surface area contributed by atoms with Crippen LogP contribution in [0.1, 0.15) is 48.8 Å². The fraction of sp³-hybridized carbons (Fsp3) is 0.474. The van der Waals surface area contributed by atoms with Gasteiger partial charge in [0.25, 0.3) is 0 Å². The van der Waals surface area contributed by atoms with Gasteiger partial charge < -0.3 is 14.8 Å². The molecule has 1 unspecified atom stereocenters. The molecule has 0 radical (unpaired) electrons. The molecule has 0 fully saturated rings. The van der Waals surface area contributed by atoms with Crippen molar-refractivity contribution in [3.05, 3.63) is 40.7 Å². The second kappa shape index (κ2) is 6.43. The van der Waals surface area contributed by atoms with Crippen molar-refractivity contribution >= 4 is 5.91 Å². The first-order valence-electron chi connectivity index (χ1n) is 8.46. The minimum atomic E-state index is -0.346. The number of fused-ring (bicyclic) bond motifs is 1. The van der Waals surface area contributed by atoms with Gasteiger partial charge in [-0.1, -0.05) is 0 Å². The van der Waals surface area contributed by atoms with E-state index < -0.39 is 0 Å². The molecular weight excluding hydrogens is 318 g/mol. The molecule has 3 rings (SSSR count). The van der Waals surface area contributed by atoms with Gasteiger partial charge in [-0.2, -0.15) is 5.10 Å². The lowest BCUT2D eigenvalue weighted by Crippen LogP contribution is -2.41. The first-order chi connectivity index (χ1) is 11.8. The summed E-state index contributed by atoms with van der Waals surface area (Å²) >= 11 is 0. The summed E-state index contributed by atoms with van der Waals surface area (Å²) in [5.41, 5.74) is 3.35. The number of carbonyl (C=O) groups excluding carboxylic acids is 1. The van der Waals surface area contributed by atoms with Crippen LogP contribution in [0.3, 0.4) is 0 Å². The lowest BCUT2D eigenvalue weighted by Gasteiger charge is -2.38. The standard InChI is InChI=1S/C19H25N3O3/c1-11-14(12(2)22-21-11)9-18(23)20-16-10-19(3,4)25-17-7-6-13(24-5)8-15(16)17/h6-8,16H,9-10H2,1-5H3,(H,20,23)(H,21,22). The number of hydrogen-bond acceptors (Lipinski definition) is 4. The molecule has 134 valence electrons. The molecular formula is C19H25N3O3. The van der Waals surface area contributed by atoms with E-state index in [-0.39, 0.29) is 17.6 Å². The number of amides is 1. The highest BCUT2D eigenvalue weighted by Crippen LogP contribution is 2.41. The van der Waals surface area contributed by atoms with Crippen molar-refractivity contribution in [3.8, 4) is 11.5 Å². The van der Waals surface area contributed by atoms with Gasteiger partial charge in [-0.15, -0.1) is 0 Å². The summed E-state index contributed by atoms with van der Waals surface area (Å²) in [7, 11) is 1.63. The number of carbonyl (C=O) groups is 1. The third kappa shape index (κ3) is 3.62. The number of H-pyrrole nitrogens is 1. The number of methoxy groups -OCH3 is 1. The number of aryl methyl sites for hydroxylation is 2. The molecule has 25 heavy (non-hydrogen) atoms. The van der Waals surface area contributed by atoms with Crippen molar-refractivity contribution in [2.24, 2.45) is 0 Å². The van der Waals surface area contributed by atoms with E-state index in [0.29, 0.717) is 12.8 Å². The predicted octanol–water partition coefficient (Wildman–Crippen LogP) is 3.00. The Hall–Kier alpha value is -2.50. The zero-order valence-corrected chi connectivity index (χ0v) is 15.4. The van der Waals surface area contributed by atoms with Crippen molar-refractivity contribution in [2.75, 3.05) is 7.11 Å². The Balaban J connectivity index is 1.83. The van der Waals surface area contributed by atoms with E-state index in [1.54, 1.807) is 7.11 Å². The van der Waals surface area contributed by atoms with Crippen molar-refractivity contribution in [1.29, 1.82) is 0 Å². The molecule has 1 aromatic heterocycles. The Morgan fingerprint density at radius 2 is 2.20 bits per heavy atom. The minimum Gasteiger partial charge on any atom is -0.497 e. The average molecular weight is 343 g/mol. The number of nitrogens with one attached hydrogen (secondary N) is 2. The van der Waals surface area contributed by atoms with Crippen LogP contribution in [0.5, 0.6) is 11.5 Å². The molecule has 0 bridgehead atoms. The monoisotopic (exact) mass is 343 g/mol. The summed E-state index contributed by atoms with van der Waals surface area (Å²) in [5, 5.41) is 10.2. The SMILES string of the molecule is COc1ccc2c(c1)C(NC(=O)Cc1c(C)n[nH]c1C)CC(C)(C)O2. The Kier molecular flexibility index (Phi) is 4.45. The molecule has 2 N–H and O–H groups in total. The number of aromatic amines is 1. The van der Waals surface area contributed by atoms with Gasteiger partial charge in [0.1, 0.15) is 17.1 Å². The van der Waals surface area contributed by atoms with Crippen LogP contribution in [-0.2, 0) is 11.2 Å². The van der Waals surface area contributed by atoms with Gasteiger partial charge in [0.05, 0.1) is 25.3 Å². The Bertz CT molecular complexity index is 776. The number of rotatable bonds is 4. The quantitative estimate of drug-likeness (QED) is 0.895. The zero-order valence-electron chi connectivity index (χ0n) is 15.4. The van der Waals surface area contributed by atoms with Crippen LogP contribution in [0.25, 0.3) is 0 Å². The third-order valence-corrected chi connectivity index (χ3v) is 4.63. The number of hydrogen-bond donors (Lipinski definition) is 2. The van der Waals surface area contributed by atoms with Crippen molar-refractivity contribution in [1.82, 2.24) is 15.5 Å². The number of nitrogens with zero attached hydrogens (tertiary/aromatic N) is 1. The minimum absolute atomic E-state index is 0.0240. The number of ether oxygens (including phenoxy) is 2. The van der Waals surface area contributed by atoms with E-state index in [1.807, 2.05) is 45.9 Å². The molecule has 2 aromatic rings. The van der Waals surface area contributed by atoms with Gasteiger partial charge >= 0.3 is 0 Å². The lowest BCUT2D eigenvalue weighted by molar-refractivity contribution is -0.121. The smallest absolute Gasteiger partial charge is 0.225 e. The molecule has 1 amide bonds. The van der Waals surface area contributed by atoms with Crippen LogP contribution in [0.2, 0.25) is 0 Å². The van der Waals surface area contributed by atoms with Crippen LogP contribution in [0, 0.1) is 13.8 Å². The van der Waals surface area contributed by atoms with Crippen LogP contribution in [-0.4, -0.2) is 28.8 Å². The summed E-state index contributed by atoms with van der Waals surface area (Å²) in [4.78, 5) is 12.6. The van der Waals surface area contributed by atoms with E-state index in [0.717, 1.165) is 34.0 Å². The van der Waals surface area contributed by atoms with Crippen LogP contribution in [0.4, 0.5) is 0 Å². The Morgan fingerprint density at radius 1 is 1.44 bits per heavy atom. The molecule has 0 spiro atoms. The fourth-order valence-electron chi connectivity index (χ4n) is 3.33. The molecule has 1 atom stereocenters. The van der Waals surface area contributed by atoms with Gasteiger partial charge in [0.15, 0.2) is 0 Å². The molecule has 0 saturated carbocycles. The van der Waals surface area contributed by atoms with Crippen molar-refractivity contribution in [2.45, 2.75) is 52.2 Å². The maximum absolute atomic E-state index is 12.6. The summed E-state index contributed by atoms with van der Waals surface area (Å²) in [6.45, 7) is 7.90. The fourth-order valence-corrected chi connectivity index (χ4v) is 3.33. The molecule has 6 nitrogen and oxygen atoms in total. The van der Waals surface area contributed by atoms with Crippen LogP contribution in [0.15, 0.2) is 18.2 Å². The van der Waals surface area contributed by atoms with Gasteiger partial charge in [-0.05, 0) is 45.9 Å². The third-order valence-electron chi connectivity index (χ3n) is 4.63. The first-order valence-corrected chi connectivity index (χ1v) is 8.46.